The van der Waals surface area contributed by atoms with Gasteiger partial charge in [0, 0.05) is 16.8 Å². The molecule has 0 aliphatic heterocycles. The Morgan fingerprint density at radius 1 is 0.759 bits per heavy atom. The molecule has 6 nitrogen and oxygen atoms in total. The van der Waals surface area contributed by atoms with Gasteiger partial charge in [0.2, 0.25) is 0 Å². The normalized spacial score (nSPS) is 10.2. The molecule has 29 heavy (non-hydrogen) atoms. The average Bonchev–Trinajstić information content (AvgIpc) is 2.75. The number of hydrogen-bond acceptors (Lipinski definition) is 4. The molecule has 2 N–H and O–H groups in total. The molecule has 0 bridgehead atoms. The molecule has 0 saturated carbocycles. The zero-order valence-corrected chi connectivity index (χ0v) is 16.6. The summed E-state index contributed by atoms with van der Waals surface area (Å²) in [7, 11) is 3.01. The fourth-order valence-electron chi connectivity index (χ4n) is 2.66. The highest BCUT2D eigenvalue weighted by Crippen LogP contribution is 2.29. The van der Waals surface area contributed by atoms with E-state index in [1.165, 1.54) is 20.3 Å². The number of methoxy groups -OCH3 is 2. The van der Waals surface area contributed by atoms with Crippen molar-refractivity contribution in [2.45, 2.75) is 0 Å². The second kappa shape index (κ2) is 9.12. The van der Waals surface area contributed by atoms with Crippen LogP contribution >= 0.6 is 11.6 Å². The monoisotopic (exact) mass is 410 g/mol. The zero-order chi connectivity index (χ0) is 20.8. The maximum Gasteiger partial charge on any atom is 0.255 e. The van der Waals surface area contributed by atoms with Gasteiger partial charge in [0.15, 0.2) is 11.5 Å². The van der Waals surface area contributed by atoms with Crippen LogP contribution < -0.4 is 20.1 Å². The molecule has 0 spiro atoms. The first-order valence-corrected chi connectivity index (χ1v) is 9.09. The van der Waals surface area contributed by atoms with Gasteiger partial charge in [-0.25, -0.2) is 0 Å². The van der Waals surface area contributed by atoms with Gasteiger partial charge in [-0.1, -0.05) is 29.8 Å². The second-order valence-electron chi connectivity index (χ2n) is 6.04. The summed E-state index contributed by atoms with van der Waals surface area (Å²) in [6.45, 7) is 0. The van der Waals surface area contributed by atoms with Crippen molar-refractivity contribution >= 4 is 34.8 Å². The van der Waals surface area contributed by atoms with Crippen molar-refractivity contribution in [2.75, 3.05) is 24.9 Å². The number of rotatable bonds is 6. The molecule has 0 radical (unpaired) electrons. The first-order valence-electron chi connectivity index (χ1n) is 8.71. The van der Waals surface area contributed by atoms with Gasteiger partial charge in [-0.3, -0.25) is 9.59 Å². The molecule has 3 aromatic rings. The maximum atomic E-state index is 12.6. The van der Waals surface area contributed by atoms with E-state index < -0.39 is 5.91 Å². The predicted octanol–water partition coefficient (Wildman–Crippen LogP) is 4.86. The van der Waals surface area contributed by atoms with Gasteiger partial charge in [-0.05, 0) is 48.5 Å². The number of amides is 2. The second-order valence-corrected chi connectivity index (χ2v) is 6.45. The molecule has 0 unspecified atom stereocenters. The average molecular weight is 411 g/mol. The van der Waals surface area contributed by atoms with E-state index in [4.69, 9.17) is 21.1 Å². The van der Waals surface area contributed by atoms with E-state index in [2.05, 4.69) is 10.6 Å². The van der Waals surface area contributed by atoms with Crippen molar-refractivity contribution in [3.05, 3.63) is 82.9 Å². The van der Waals surface area contributed by atoms with Crippen LogP contribution in [-0.2, 0) is 0 Å². The third-order valence-corrected chi connectivity index (χ3v) is 4.48. The van der Waals surface area contributed by atoms with E-state index >= 15 is 0 Å². The van der Waals surface area contributed by atoms with Crippen molar-refractivity contribution in [1.82, 2.24) is 0 Å². The number of carbonyl (C=O) groups is 2. The summed E-state index contributed by atoms with van der Waals surface area (Å²) >= 11 is 6.21. The molecule has 0 aliphatic carbocycles. The number of benzene rings is 3. The Kier molecular flexibility index (Phi) is 6.36. The Balaban J connectivity index is 1.79. The number of carbonyl (C=O) groups excluding carboxylic acids is 2. The van der Waals surface area contributed by atoms with Crippen molar-refractivity contribution in [3.8, 4) is 11.5 Å². The van der Waals surface area contributed by atoms with Gasteiger partial charge in [0.05, 0.1) is 24.9 Å². The number of halogens is 1. The largest absolute Gasteiger partial charge is 0.493 e. The molecule has 0 saturated heterocycles. The van der Waals surface area contributed by atoms with Gasteiger partial charge < -0.3 is 20.1 Å². The van der Waals surface area contributed by atoms with Gasteiger partial charge in [-0.2, -0.15) is 0 Å². The molecule has 0 aliphatic rings. The van der Waals surface area contributed by atoms with Crippen LogP contribution in [0, 0.1) is 0 Å². The third kappa shape index (κ3) is 4.86. The van der Waals surface area contributed by atoms with E-state index in [1.54, 1.807) is 42.5 Å². The summed E-state index contributed by atoms with van der Waals surface area (Å²) in [4.78, 5) is 25.1. The van der Waals surface area contributed by atoms with E-state index in [9.17, 15) is 9.59 Å². The highest BCUT2D eigenvalue weighted by molar-refractivity contribution is 6.34. The van der Waals surface area contributed by atoms with Crippen molar-refractivity contribution in [2.24, 2.45) is 0 Å². The highest BCUT2D eigenvalue weighted by atomic mass is 35.5. The summed E-state index contributed by atoms with van der Waals surface area (Å²) in [5.74, 6) is 0.242. The van der Waals surface area contributed by atoms with Gasteiger partial charge >= 0.3 is 0 Å². The van der Waals surface area contributed by atoms with Gasteiger partial charge in [0.25, 0.3) is 11.8 Å². The van der Waals surface area contributed by atoms with Crippen LogP contribution in [0.15, 0.2) is 66.7 Å². The van der Waals surface area contributed by atoms with Crippen LogP contribution in [0.5, 0.6) is 11.5 Å². The fraction of sp³-hybridized carbons (Fsp3) is 0.0909. The SMILES string of the molecule is COc1ccc(C(=O)Nc2cc(C(=O)Nc3ccccc3)ccc2Cl)cc1OC. The maximum absolute atomic E-state index is 12.6. The zero-order valence-electron chi connectivity index (χ0n) is 15.9. The van der Waals surface area contributed by atoms with Crippen LogP contribution in [0.3, 0.4) is 0 Å². The predicted molar refractivity (Wildman–Crippen MR) is 113 cm³/mol. The summed E-state index contributed by atoms with van der Waals surface area (Å²) in [6, 6.07) is 18.6. The van der Waals surface area contributed by atoms with Gasteiger partial charge in [0.1, 0.15) is 0 Å². The molecule has 2 amide bonds. The van der Waals surface area contributed by atoms with Crippen LogP contribution in [-0.4, -0.2) is 26.0 Å². The Bertz CT molecular complexity index is 1040. The number of nitrogens with one attached hydrogen (secondary N) is 2. The summed E-state index contributed by atoms with van der Waals surface area (Å²) in [5.41, 5.74) is 1.72. The van der Waals surface area contributed by atoms with Crippen LogP contribution in [0.25, 0.3) is 0 Å². The minimum absolute atomic E-state index is 0.311. The summed E-state index contributed by atoms with van der Waals surface area (Å²) in [5, 5.41) is 5.83. The first kappa shape index (κ1) is 20.2. The molecule has 3 aromatic carbocycles. The Morgan fingerprint density at radius 2 is 1.38 bits per heavy atom. The van der Waals surface area contributed by atoms with Crippen molar-refractivity contribution in [1.29, 1.82) is 0 Å². The van der Waals surface area contributed by atoms with E-state index in [1.807, 2.05) is 18.2 Å². The topological polar surface area (TPSA) is 76.7 Å². The lowest BCUT2D eigenvalue weighted by atomic mass is 10.1. The summed E-state index contributed by atoms with van der Waals surface area (Å²) in [6.07, 6.45) is 0. The van der Waals surface area contributed by atoms with Crippen molar-refractivity contribution < 1.29 is 19.1 Å². The molecule has 0 fully saturated rings. The van der Waals surface area contributed by atoms with E-state index in [0.29, 0.717) is 39.0 Å². The molecular weight excluding hydrogens is 392 g/mol. The Labute approximate surface area is 173 Å². The molecule has 3 rings (SSSR count). The minimum atomic E-state index is -0.395. The number of anilines is 2. The minimum Gasteiger partial charge on any atom is -0.493 e. The standard InChI is InChI=1S/C22H19ClN2O4/c1-28-19-11-9-15(13-20(19)29-2)22(27)25-18-12-14(8-10-17(18)23)21(26)24-16-6-4-3-5-7-16/h3-13H,1-2H3,(H,24,26)(H,25,27). The van der Waals surface area contributed by atoms with E-state index in [0.717, 1.165) is 0 Å². The molecule has 0 heterocycles. The number of ether oxygens (including phenoxy) is 2. The number of para-hydroxylation sites is 1. The first-order chi connectivity index (χ1) is 14.0. The van der Waals surface area contributed by atoms with Crippen LogP contribution in [0.2, 0.25) is 5.02 Å². The Hall–Kier alpha value is -3.51. The van der Waals surface area contributed by atoms with Crippen LogP contribution in [0.1, 0.15) is 20.7 Å². The molecule has 0 atom stereocenters. The lowest BCUT2D eigenvalue weighted by molar-refractivity contribution is 0.101. The fourth-order valence-corrected chi connectivity index (χ4v) is 2.82. The smallest absolute Gasteiger partial charge is 0.255 e. The Morgan fingerprint density at radius 3 is 2.07 bits per heavy atom. The molecular formula is C22H19ClN2O4. The van der Waals surface area contributed by atoms with Crippen molar-refractivity contribution in [3.63, 3.8) is 0 Å². The molecule has 7 heteroatoms. The third-order valence-electron chi connectivity index (χ3n) is 4.15. The quantitative estimate of drug-likeness (QED) is 0.608. The molecule has 0 aromatic heterocycles. The highest BCUT2D eigenvalue weighted by Gasteiger charge is 2.14. The van der Waals surface area contributed by atoms with Crippen LogP contribution in [0.4, 0.5) is 11.4 Å². The lowest BCUT2D eigenvalue weighted by Gasteiger charge is -2.12. The molecule has 148 valence electrons. The number of hydrogen-bond donors (Lipinski definition) is 2. The lowest BCUT2D eigenvalue weighted by Crippen LogP contribution is -2.15. The van der Waals surface area contributed by atoms with Gasteiger partial charge in [-0.15, -0.1) is 0 Å². The van der Waals surface area contributed by atoms with E-state index in [-0.39, 0.29) is 5.91 Å². The summed E-state index contributed by atoms with van der Waals surface area (Å²) < 4.78 is 10.4.